The first-order valence-electron chi connectivity index (χ1n) is 7.06. The Morgan fingerprint density at radius 1 is 1.05 bits per heavy atom. The molecule has 3 amide bonds. The van der Waals surface area contributed by atoms with Crippen LogP contribution in [0.2, 0.25) is 0 Å². The number of carboxylic acid groups (broad SMARTS) is 1. The summed E-state index contributed by atoms with van der Waals surface area (Å²) in [4.78, 5) is 45.1. The van der Waals surface area contributed by atoms with E-state index in [1.54, 1.807) is 0 Å². The van der Waals surface area contributed by atoms with Crippen molar-refractivity contribution in [3.05, 3.63) is 0 Å². The van der Waals surface area contributed by atoms with Crippen molar-refractivity contribution in [2.24, 2.45) is 11.5 Å². The molecule has 9 heteroatoms. The van der Waals surface area contributed by atoms with E-state index >= 15 is 0 Å². The van der Waals surface area contributed by atoms with Crippen molar-refractivity contribution in [2.45, 2.75) is 51.1 Å². The number of aliphatic carboxylic acids is 1. The summed E-state index contributed by atoms with van der Waals surface area (Å²) in [6.45, 7) is 1.75. The van der Waals surface area contributed by atoms with Crippen LogP contribution in [-0.2, 0) is 19.2 Å². The van der Waals surface area contributed by atoms with Crippen molar-refractivity contribution >= 4 is 23.7 Å². The van der Waals surface area contributed by atoms with Crippen LogP contribution in [0.1, 0.15) is 39.0 Å². The third-order valence-corrected chi connectivity index (χ3v) is 2.95. The molecule has 7 N–H and O–H groups in total. The molecule has 0 saturated carbocycles. The minimum absolute atomic E-state index is 0.105. The Kier molecular flexibility index (Phi) is 9.51. The molecule has 0 rings (SSSR count). The van der Waals surface area contributed by atoms with Gasteiger partial charge in [0, 0.05) is 13.3 Å². The van der Waals surface area contributed by atoms with Gasteiger partial charge in [-0.1, -0.05) is 0 Å². The summed E-state index contributed by atoms with van der Waals surface area (Å²) in [5.41, 5.74) is 10.5. The second-order valence-corrected chi connectivity index (χ2v) is 4.93. The highest BCUT2D eigenvalue weighted by atomic mass is 16.4. The van der Waals surface area contributed by atoms with Crippen LogP contribution in [0, 0.1) is 0 Å². The lowest BCUT2D eigenvalue weighted by atomic mass is 10.1. The minimum Gasteiger partial charge on any atom is -0.481 e. The molecule has 0 aromatic carbocycles. The SMILES string of the molecule is CC(=O)NC(CCCCN)C(=O)NC(CCC(=O)O)C(N)=O. The first-order valence-corrected chi connectivity index (χ1v) is 7.06. The van der Waals surface area contributed by atoms with Crippen molar-refractivity contribution in [1.82, 2.24) is 10.6 Å². The quantitative estimate of drug-likeness (QED) is 0.290. The molecule has 2 unspecified atom stereocenters. The molecule has 0 bridgehead atoms. The fourth-order valence-corrected chi connectivity index (χ4v) is 1.83. The van der Waals surface area contributed by atoms with E-state index in [-0.39, 0.29) is 18.7 Å². The van der Waals surface area contributed by atoms with Crippen LogP contribution in [0.4, 0.5) is 0 Å². The van der Waals surface area contributed by atoms with Crippen molar-refractivity contribution in [3.8, 4) is 0 Å². The Morgan fingerprint density at radius 3 is 2.14 bits per heavy atom. The highest BCUT2D eigenvalue weighted by Crippen LogP contribution is 2.03. The standard InChI is InChI=1S/C13H24N4O5/c1-8(18)16-10(4-2-3-7-14)13(22)17-9(12(15)21)5-6-11(19)20/h9-10H,2-7,14H2,1H3,(H2,15,21)(H,16,18)(H,17,22)(H,19,20). The summed E-state index contributed by atoms with van der Waals surface area (Å²) in [6.07, 6.45) is 1.29. The predicted molar refractivity (Wildman–Crippen MR) is 78.5 cm³/mol. The molecule has 0 aromatic rings. The number of carboxylic acids is 1. The lowest BCUT2D eigenvalue weighted by Gasteiger charge is -2.21. The van der Waals surface area contributed by atoms with Crippen molar-refractivity contribution in [2.75, 3.05) is 6.54 Å². The van der Waals surface area contributed by atoms with E-state index in [2.05, 4.69) is 10.6 Å². The topological polar surface area (TPSA) is 165 Å². The number of rotatable bonds is 11. The van der Waals surface area contributed by atoms with Gasteiger partial charge in [-0.25, -0.2) is 0 Å². The number of hydrogen-bond acceptors (Lipinski definition) is 5. The summed E-state index contributed by atoms with van der Waals surface area (Å²) >= 11 is 0. The first-order chi connectivity index (χ1) is 10.3. The fourth-order valence-electron chi connectivity index (χ4n) is 1.83. The largest absolute Gasteiger partial charge is 0.481 e. The zero-order valence-corrected chi connectivity index (χ0v) is 12.6. The van der Waals surface area contributed by atoms with Gasteiger partial charge in [0.2, 0.25) is 17.7 Å². The average Bonchev–Trinajstić information content (AvgIpc) is 2.41. The van der Waals surface area contributed by atoms with Gasteiger partial charge in [-0.15, -0.1) is 0 Å². The van der Waals surface area contributed by atoms with Gasteiger partial charge in [0.1, 0.15) is 12.1 Å². The molecule has 0 aromatic heterocycles. The molecule has 0 aliphatic heterocycles. The van der Waals surface area contributed by atoms with Crippen molar-refractivity contribution < 1.29 is 24.3 Å². The Morgan fingerprint density at radius 2 is 1.68 bits per heavy atom. The van der Waals surface area contributed by atoms with Gasteiger partial charge < -0.3 is 27.2 Å². The minimum atomic E-state index is -1.10. The number of carbonyl (C=O) groups excluding carboxylic acids is 3. The van der Waals surface area contributed by atoms with Crippen LogP contribution in [0.25, 0.3) is 0 Å². The van der Waals surface area contributed by atoms with E-state index in [1.165, 1.54) is 6.92 Å². The van der Waals surface area contributed by atoms with Crippen molar-refractivity contribution in [3.63, 3.8) is 0 Å². The summed E-state index contributed by atoms with van der Waals surface area (Å²) in [5, 5.41) is 13.5. The van der Waals surface area contributed by atoms with Crippen LogP contribution in [0.5, 0.6) is 0 Å². The van der Waals surface area contributed by atoms with Gasteiger partial charge in [-0.05, 0) is 32.2 Å². The van der Waals surface area contributed by atoms with E-state index < -0.39 is 29.9 Å². The second kappa shape index (κ2) is 10.6. The molecule has 2 atom stereocenters. The van der Waals surface area contributed by atoms with E-state index in [1.807, 2.05) is 0 Å². The Bertz CT molecular complexity index is 413. The summed E-state index contributed by atoms with van der Waals surface area (Å²) in [7, 11) is 0. The van der Waals surface area contributed by atoms with Crippen LogP contribution in [-0.4, -0.2) is 47.4 Å². The van der Waals surface area contributed by atoms with Gasteiger partial charge in [-0.2, -0.15) is 0 Å². The summed E-state index contributed by atoms with van der Waals surface area (Å²) in [5.74, 6) is -2.87. The highest BCUT2D eigenvalue weighted by molar-refractivity contribution is 5.91. The summed E-state index contributed by atoms with van der Waals surface area (Å²) < 4.78 is 0. The van der Waals surface area contributed by atoms with E-state index in [4.69, 9.17) is 16.6 Å². The Labute approximate surface area is 128 Å². The number of hydrogen-bond donors (Lipinski definition) is 5. The summed E-state index contributed by atoms with van der Waals surface area (Å²) in [6, 6.07) is -1.90. The van der Waals surface area contributed by atoms with E-state index in [9.17, 15) is 19.2 Å². The van der Waals surface area contributed by atoms with Gasteiger partial charge >= 0.3 is 5.97 Å². The number of primary amides is 1. The molecule has 0 heterocycles. The van der Waals surface area contributed by atoms with Crippen LogP contribution < -0.4 is 22.1 Å². The highest BCUT2D eigenvalue weighted by Gasteiger charge is 2.25. The molecule has 0 aliphatic rings. The number of carbonyl (C=O) groups is 4. The van der Waals surface area contributed by atoms with E-state index in [0.29, 0.717) is 25.8 Å². The molecular formula is C13H24N4O5. The third kappa shape index (κ3) is 8.90. The second-order valence-electron chi connectivity index (χ2n) is 4.93. The fraction of sp³-hybridized carbons (Fsp3) is 0.692. The zero-order valence-electron chi connectivity index (χ0n) is 12.6. The third-order valence-electron chi connectivity index (χ3n) is 2.95. The number of nitrogens with one attached hydrogen (secondary N) is 2. The van der Waals surface area contributed by atoms with Crippen LogP contribution >= 0.6 is 0 Å². The molecule has 22 heavy (non-hydrogen) atoms. The molecule has 126 valence electrons. The number of nitrogens with two attached hydrogens (primary N) is 2. The zero-order chi connectivity index (χ0) is 17.1. The van der Waals surface area contributed by atoms with Gasteiger partial charge in [-0.3, -0.25) is 19.2 Å². The smallest absolute Gasteiger partial charge is 0.303 e. The molecule has 0 spiro atoms. The maximum Gasteiger partial charge on any atom is 0.303 e. The van der Waals surface area contributed by atoms with Gasteiger partial charge in [0.15, 0.2) is 0 Å². The van der Waals surface area contributed by atoms with Crippen LogP contribution in [0.3, 0.4) is 0 Å². The molecule has 0 fully saturated rings. The normalized spacial score (nSPS) is 13.0. The maximum absolute atomic E-state index is 12.1. The molecular weight excluding hydrogens is 292 g/mol. The Hall–Kier alpha value is -2.16. The average molecular weight is 316 g/mol. The van der Waals surface area contributed by atoms with Crippen molar-refractivity contribution in [1.29, 1.82) is 0 Å². The molecule has 0 radical (unpaired) electrons. The van der Waals surface area contributed by atoms with Crippen LogP contribution in [0.15, 0.2) is 0 Å². The molecule has 0 aliphatic carbocycles. The lowest BCUT2D eigenvalue weighted by molar-refractivity contribution is -0.137. The maximum atomic E-state index is 12.1. The lowest BCUT2D eigenvalue weighted by Crippen LogP contribution is -2.52. The number of amides is 3. The Balaban J connectivity index is 4.68. The molecule has 9 nitrogen and oxygen atoms in total. The van der Waals surface area contributed by atoms with Gasteiger partial charge in [0.25, 0.3) is 0 Å². The monoisotopic (exact) mass is 316 g/mol. The predicted octanol–water partition coefficient (Wildman–Crippen LogP) is -1.54. The van der Waals surface area contributed by atoms with E-state index in [0.717, 1.165) is 0 Å². The first kappa shape index (κ1) is 19.8. The van der Waals surface area contributed by atoms with Gasteiger partial charge in [0.05, 0.1) is 0 Å². The number of unbranched alkanes of at least 4 members (excludes halogenated alkanes) is 1. The molecule has 0 saturated heterocycles.